The van der Waals surface area contributed by atoms with E-state index < -0.39 is 0 Å². The lowest BCUT2D eigenvalue weighted by atomic mass is 10.1. The number of hydrogen-bond donors (Lipinski definition) is 1. The number of benzene rings is 2. The van der Waals surface area contributed by atoms with Gasteiger partial charge in [-0.2, -0.15) is 5.26 Å². The average molecular weight is 396 g/mol. The Labute approximate surface area is 155 Å². The molecule has 0 aliphatic heterocycles. The number of aryl methyl sites for hydroxylation is 1. The Morgan fingerprint density at radius 1 is 1.28 bits per heavy atom. The Bertz CT molecular complexity index is 996. The van der Waals surface area contributed by atoms with Gasteiger partial charge in [-0.05, 0) is 62.7 Å². The van der Waals surface area contributed by atoms with Gasteiger partial charge >= 0.3 is 0 Å². The second-order valence-electron chi connectivity index (χ2n) is 6.12. The molecule has 0 atom stereocenters. The number of halogens is 1. The maximum absolute atomic E-state index is 9.63. The smallest absolute Gasteiger partial charge is 0.149 e. The summed E-state index contributed by atoms with van der Waals surface area (Å²) < 4.78 is 6.77. The minimum Gasteiger partial charge on any atom is -0.490 e. The lowest BCUT2D eigenvalue weighted by Gasteiger charge is -2.13. The second-order valence-corrected chi connectivity index (χ2v) is 7.04. The van der Waals surface area contributed by atoms with Crippen LogP contribution in [0.3, 0.4) is 0 Å². The van der Waals surface area contributed by atoms with Crippen molar-refractivity contribution < 1.29 is 4.74 Å². The van der Waals surface area contributed by atoms with Gasteiger partial charge in [0.2, 0.25) is 0 Å². The Morgan fingerprint density at radius 3 is 2.80 bits per heavy atom. The van der Waals surface area contributed by atoms with Gasteiger partial charge in [-0.15, -0.1) is 0 Å². The summed E-state index contributed by atoms with van der Waals surface area (Å²) in [5.74, 6) is 1.29. The number of nitrogens with zero attached hydrogens (tertiary/aromatic N) is 2. The maximum atomic E-state index is 9.63. The van der Waals surface area contributed by atoms with Crippen LogP contribution in [0.2, 0.25) is 0 Å². The summed E-state index contributed by atoms with van der Waals surface area (Å²) in [4.78, 5) is 7.76. The van der Waals surface area contributed by atoms with Crippen LogP contribution in [-0.2, 0) is 0 Å². The van der Waals surface area contributed by atoms with Crippen LogP contribution in [0.1, 0.15) is 30.8 Å². The number of nitrogens with one attached hydrogen (secondary N) is 1. The average Bonchev–Trinajstić information content (AvgIpc) is 2.97. The number of rotatable bonds is 4. The minimum absolute atomic E-state index is 0.0491. The summed E-state index contributed by atoms with van der Waals surface area (Å²) in [5, 5.41) is 9.63. The number of imidazole rings is 1. The van der Waals surface area contributed by atoms with Crippen molar-refractivity contribution in [3.05, 3.63) is 57.8 Å². The van der Waals surface area contributed by atoms with Gasteiger partial charge in [0, 0.05) is 10.0 Å². The lowest BCUT2D eigenvalue weighted by Crippen LogP contribution is -2.06. The quantitative estimate of drug-likeness (QED) is 0.594. The molecule has 0 aliphatic rings. The van der Waals surface area contributed by atoms with E-state index in [4.69, 9.17) is 4.74 Å². The van der Waals surface area contributed by atoms with Crippen LogP contribution < -0.4 is 4.74 Å². The third kappa shape index (κ3) is 3.92. The fraction of sp³-hybridized carbons (Fsp3) is 0.200. The van der Waals surface area contributed by atoms with E-state index >= 15 is 0 Å². The SMILES string of the molecule is Cc1ccc2nc(C(C#N)=Cc3cc(Br)ccc3OC(C)C)[nH]c2c1. The zero-order valence-electron chi connectivity index (χ0n) is 14.3. The third-order valence-electron chi connectivity index (χ3n) is 3.65. The third-order valence-corrected chi connectivity index (χ3v) is 4.14. The van der Waals surface area contributed by atoms with Crippen molar-refractivity contribution in [1.82, 2.24) is 9.97 Å². The fourth-order valence-corrected chi connectivity index (χ4v) is 2.93. The topological polar surface area (TPSA) is 61.7 Å². The molecule has 0 spiro atoms. The molecule has 126 valence electrons. The molecular formula is C20H18BrN3O. The first kappa shape index (κ1) is 17.2. The molecule has 3 rings (SSSR count). The van der Waals surface area contributed by atoms with Crippen LogP contribution in [0.15, 0.2) is 40.9 Å². The molecule has 5 heteroatoms. The first-order valence-electron chi connectivity index (χ1n) is 8.01. The van der Waals surface area contributed by atoms with Crippen molar-refractivity contribution >= 4 is 38.6 Å². The highest BCUT2D eigenvalue weighted by Crippen LogP contribution is 2.28. The molecule has 3 aromatic rings. The molecule has 0 bridgehead atoms. The predicted molar refractivity (Wildman–Crippen MR) is 104 cm³/mol. The van der Waals surface area contributed by atoms with E-state index in [0.29, 0.717) is 11.4 Å². The van der Waals surface area contributed by atoms with Crippen molar-refractivity contribution in [1.29, 1.82) is 5.26 Å². The van der Waals surface area contributed by atoms with Gasteiger partial charge in [0.15, 0.2) is 0 Å². The number of aromatic nitrogens is 2. The molecule has 0 unspecified atom stereocenters. The molecule has 0 amide bonds. The van der Waals surface area contributed by atoms with Crippen LogP contribution in [0.5, 0.6) is 5.75 Å². The van der Waals surface area contributed by atoms with E-state index in [-0.39, 0.29) is 6.10 Å². The zero-order chi connectivity index (χ0) is 18.0. The highest BCUT2D eigenvalue weighted by molar-refractivity contribution is 9.10. The van der Waals surface area contributed by atoms with Crippen LogP contribution >= 0.6 is 15.9 Å². The van der Waals surface area contributed by atoms with Gasteiger partial charge < -0.3 is 9.72 Å². The minimum atomic E-state index is 0.0491. The Kier molecular flexibility index (Phi) is 4.91. The fourth-order valence-electron chi connectivity index (χ4n) is 2.55. The van der Waals surface area contributed by atoms with Crippen molar-refractivity contribution in [3.63, 3.8) is 0 Å². The van der Waals surface area contributed by atoms with Crippen LogP contribution in [0, 0.1) is 18.3 Å². The summed E-state index contributed by atoms with van der Waals surface area (Å²) >= 11 is 3.48. The molecule has 25 heavy (non-hydrogen) atoms. The summed E-state index contributed by atoms with van der Waals surface area (Å²) in [6.45, 7) is 5.97. The van der Waals surface area contributed by atoms with Gasteiger partial charge in [-0.25, -0.2) is 4.98 Å². The first-order valence-corrected chi connectivity index (χ1v) is 8.80. The number of hydrogen-bond acceptors (Lipinski definition) is 3. The maximum Gasteiger partial charge on any atom is 0.149 e. The molecular weight excluding hydrogens is 378 g/mol. The number of aromatic amines is 1. The van der Waals surface area contributed by atoms with Gasteiger partial charge in [-0.1, -0.05) is 22.0 Å². The van der Waals surface area contributed by atoms with Crippen molar-refractivity contribution in [3.8, 4) is 11.8 Å². The number of H-pyrrole nitrogens is 1. The molecule has 1 aromatic heterocycles. The molecule has 0 saturated carbocycles. The standard InChI is InChI=1S/C20H18BrN3O/c1-12(2)25-19-7-5-16(21)10-14(19)9-15(11-22)20-23-17-6-4-13(3)8-18(17)24-20/h4-10,12H,1-3H3,(H,23,24). The summed E-state index contributed by atoms with van der Waals surface area (Å²) in [5.41, 5.74) is 4.19. The van der Waals surface area contributed by atoms with E-state index in [9.17, 15) is 5.26 Å². The second kappa shape index (κ2) is 7.12. The summed E-state index contributed by atoms with van der Waals surface area (Å²) in [6, 6.07) is 14.0. The Morgan fingerprint density at radius 2 is 2.08 bits per heavy atom. The highest BCUT2D eigenvalue weighted by atomic mass is 79.9. The lowest BCUT2D eigenvalue weighted by molar-refractivity contribution is 0.242. The molecule has 0 radical (unpaired) electrons. The van der Waals surface area contributed by atoms with Gasteiger partial charge in [-0.3, -0.25) is 0 Å². The largest absolute Gasteiger partial charge is 0.490 e. The summed E-state index contributed by atoms with van der Waals surface area (Å²) in [7, 11) is 0. The van der Waals surface area contributed by atoms with Gasteiger partial charge in [0.25, 0.3) is 0 Å². The van der Waals surface area contributed by atoms with Crippen LogP contribution in [0.25, 0.3) is 22.7 Å². The normalized spacial score (nSPS) is 11.8. The molecule has 4 nitrogen and oxygen atoms in total. The van der Waals surface area contributed by atoms with E-state index in [1.54, 1.807) is 6.08 Å². The van der Waals surface area contributed by atoms with Gasteiger partial charge in [0.05, 0.1) is 22.7 Å². The number of nitriles is 1. The number of allylic oxidation sites excluding steroid dienone is 1. The van der Waals surface area contributed by atoms with Crippen LogP contribution in [0.4, 0.5) is 0 Å². The Balaban J connectivity index is 2.08. The molecule has 1 heterocycles. The van der Waals surface area contributed by atoms with Crippen molar-refractivity contribution in [2.75, 3.05) is 0 Å². The van der Waals surface area contributed by atoms with E-state index in [0.717, 1.165) is 32.4 Å². The summed E-state index contributed by atoms with van der Waals surface area (Å²) in [6.07, 6.45) is 1.85. The van der Waals surface area contributed by atoms with Crippen LogP contribution in [-0.4, -0.2) is 16.1 Å². The molecule has 2 aromatic carbocycles. The molecule has 0 fully saturated rings. The predicted octanol–water partition coefficient (Wildman–Crippen LogP) is 5.49. The van der Waals surface area contributed by atoms with E-state index in [1.165, 1.54) is 0 Å². The zero-order valence-corrected chi connectivity index (χ0v) is 15.9. The monoisotopic (exact) mass is 395 g/mol. The van der Waals surface area contributed by atoms with Gasteiger partial charge in [0.1, 0.15) is 17.6 Å². The highest BCUT2D eigenvalue weighted by Gasteiger charge is 2.11. The number of ether oxygens (including phenoxy) is 1. The Hall–Kier alpha value is -2.58. The molecule has 0 aliphatic carbocycles. The van der Waals surface area contributed by atoms with Crippen molar-refractivity contribution in [2.45, 2.75) is 26.9 Å². The molecule has 0 saturated heterocycles. The number of fused-ring (bicyclic) bond motifs is 1. The van der Waals surface area contributed by atoms with E-state index in [1.807, 2.05) is 57.2 Å². The molecule has 1 N–H and O–H groups in total. The first-order chi connectivity index (χ1) is 12.0. The van der Waals surface area contributed by atoms with E-state index in [2.05, 4.69) is 32.0 Å². The van der Waals surface area contributed by atoms with Crippen molar-refractivity contribution in [2.24, 2.45) is 0 Å².